The molecule has 2 aromatic heterocycles. The molecule has 4 atom stereocenters. The van der Waals surface area contributed by atoms with Crippen molar-refractivity contribution in [2.24, 2.45) is 0 Å². The van der Waals surface area contributed by atoms with E-state index in [9.17, 15) is 57.2 Å². The number of para-hydroxylation sites is 2. The van der Waals surface area contributed by atoms with Crippen LogP contribution in [0.5, 0.6) is 0 Å². The van der Waals surface area contributed by atoms with E-state index in [1.807, 2.05) is 49.0 Å². The molecule has 0 aliphatic heterocycles. The Morgan fingerprint density at radius 2 is 0.706 bits per heavy atom. The molecule has 19 heteroatoms. The Balaban J connectivity index is 0.000000269. The minimum atomic E-state index is -1.22. The second-order valence-electron chi connectivity index (χ2n) is 21.1. The van der Waals surface area contributed by atoms with Crippen molar-refractivity contribution in [2.45, 2.75) is 116 Å². The van der Waals surface area contributed by atoms with Crippen molar-refractivity contribution in [3.63, 3.8) is 0 Å². The molecule has 0 saturated heterocycles. The number of aliphatic hydroxyl groups is 4. The van der Waals surface area contributed by atoms with Gasteiger partial charge in [-0.1, -0.05) is 88.4 Å². The molecule has 85 heavy (non-hydrogen) atoms. The third kappa shape index (κ3) is 17.8. The van der Waals surface area contributed by atoms with Gasteiger partial charge >= 0.3 is 11.9 Å². The number of rotatable bonds is 24. The molecule has 2 amide bonds. The number of aromatic nitrogens is 2. The number of hydrogen-bond acceptors (Lipinski definition) is 8. The maximum atomic E-state index is 14.0. The van der Waals surface area contributed by atoms with Crippen molar-refractivity contribution in [2.75, 3.05) is 10.6 Å². The number of carbonyl (C=O) groups excluding carboxylic acids is 2. The van der Waals surface area contributed by atoms with Gasteiger partial charge in [-0.25, -0.2) is 17.6 Å². The summed E-state index contributed by atoms with van der Waals surface area (Å²) in [6.07, 6.45) is -5.46. The normalized spacial score (nSPS) is 12.6. The molecule has 8 N–H and O–H groups in total. The van der Waals surface area contributed by atoms with E-state index in [1.54, 1.807) is 97.1 Å². The Bertz CT molecular complexity index is 3270. The minimum Gasteiger partial charge on any atom is -0.481 e. The van der Waals surface area contributed by atoms with Gasteiger partial charge in [0.15, 0.2) is 0 Å². The second kappa shape index (κ2) is 31.1. The summed E-state index contributed by atoms with van der Waals surface area (Å²) in [6, 6.07) is 41.2. The van der Waals surface area contributed by atoms with Crippen molar-refractivity contribution < 1.29 is 67.4 Å². The summed E-state index contributed by atoms with van der Waals surface area (Å²) in [5.74, 6) is -5.24. The number of carboxylic acids is 2. The fourth-order valence-electron chi connectivity index (χ4n) is 10.4. The molecule has 8 rings (SSSR count). The molecule has 6 aromatic carbocycles. The van der Waals surface area contributed by atoms with Crippen LogP contribution in [-0.4, -0.2) is 126 Å². The van der Waals surface area contributed by atoms with Crippen molar-refractivity contribution in [3.8, 4) is 44.8 Å². The zero-order valence-electron chi connectivity index (χ0n) is 47.6. The standard InChI is InChI=1S/2C33H34F2N2O5.Ca/c2*1-20(2)31-30(33(42)36-25-6-4-3-5-7-25)29(21-8-12-23(34)13-9-21)32(22-10-14-24(35)15-11-22)37(31)17-16-26(38)18-27(39)19-28(40)41;/h2*3-15,20,26-27,38-39H,16-19H2,1-2H3,(H,36,42)(H,40,41);/t2*26-,27-;/m11./s1. The molecular formula is C66H68CaF4N4O10. The maximum Gasteiger partial charge on any atom is 0.305 e. The van der Waals surface area contributed by atoms with Crippen LogP contribution in [0.1, 0.15) is 110 Å². The van der Waals surface area contributed by atoms with Crippen LogP contribution in [0.15, 0.2) is 158 Å². The van der Waals surface area contributed by atoms with E-state index in [4.69, 9.17) is 10.2 Å². The molecule has 0 spiro atoms. The van der Waals surface area contributed by atoms with Crippen molar-refractivity contribution >= 4 is 72.9 Å². The molecule has 14 nitrogen and oxygen atoms in total. The van der Waals surface area contributed by atoms with E-state index in [1.165, 1.54) is 48.5 Å². The van der Waals surface area contributed by atoms with Gasteiger partial charge in [-0.05, 0) is 157 Å². The van der Waals surface area contributed by atoms with Gasteiger partial charge in [-0.15, -0.1) is 0 Å². The van der Waals surface area contributed by atoms with E-state index in [2.05, 4.69) is 10.6 Å². The van der Waals surface area contributed by atoms with E-state index in [-0.39, 0.29) is 100 Å². The number of aliphatic carboxylic acids is 2. The van der Waals surface area contributed by atoms with Crippen LogP contribution in [0, 0.1) is 23.3 Å². The van der Waals surface area contributed by atoms with Crippen LogP contribution in [0.25, 0.3) is 44.8 Å². The van der Waals surface area contributed by atoms with Gasteiger partial charge in [0.1, 0.15) is 23.3 Å². The number of nitrogens with one attached hydrogen (secondary N) is 2. The smallest absolute Gasteiger partial charge is 0.305 e. The number of hydrogen-bond donors (Lipinski definition) is 8. The number of halogens is 4. The summed E-state index contributed by atoms with van der Waals surface area (Å²) in [4.78, 5) is 50.0. The average Bonchev–Trinajstić information content (AvgIpc) is 2.04. The first-order chi connectivity index (χ1) is 40.1. The number of aliphatic hydroxyl groups excluding tert-OH is 4. The summed E-state index contributed by atoms with van der Waals surface area (Å²) in [5, 5.41) is 65.4. The third-order valence-corrected chi connectivity index (χ3v) is 14.0. The second-order valence-corrected chi connectivity index (χ2v) is 21.1. The van der Waals surface area contributed by atoms with Crippen molar-refractivity contribution in [1.29, 1.82) is 0 Å². The molecular weight excluding hydrogens is 1120 g/mol. The van der Waals surface area contributed by atoms with Gasteiger partial charge < -0.3 is 50.4 Å². The fourth-order valence-corrected chi connectivity index (χ4v) is 10.4. The van der Waals surface area contributed by atoms with Gasteiger partial charge in [0.05, 0.1) is 59.8 Å². The number of benzene rings is 6. The Kier molecular flexibility index (Phi) is 24.4. The van der Waals surface area contributed by atoms with E-state index in [0.29, 0.717) is 78.7 Å². The van der Waals surface area contributed by atoms with E-state index < -0.39 is 72.5 Å². The van der Waals surface area contributed by atoms with Crippen LogP contribution in [-0.2, 0) is 22.7 Å². The van der Waals surface area contributed by atoms with Crippen LogP contribution in [0.4, 0.5) is 28.9 Å². The van der Waals surface area contributed by atoms with Crippen LogP contribution in [0.3, 0.4) is 0 Å². The van der Waals surface area contributed by atoms with Gasteiger partial charge in [0.25, 0.3) is 11.8 Å². The van der Waals surface area contributed by atoms with Crippen LogP contribution in [0.2, 0.25) is 0 Å². The maximum absolute atomic E-state index is 14.0. The Labute approximate surface area is 520 Å². The summed E-state index contributed by atoms with van der Waals surface area (Å²) in [5.41, 5.74) is 7.79. The number of carbonyl (C=O) groups is 4. The van der Waals surface area contributed by atoms with Gasteiger partial charge in [-0.3, -0.25) is 19.2 Å². The topological polar surface area (TPSA) is 224 Å². The first-order valence-electron chi connectivity index (χ1n) is 27.5. The largest absolute Gasteiger partial charge is 0.481 e. The Morgan fingerprint density at radius 1 is 0.424 bits per heavy atom. The Morgan fingerprint density at radius 3 is 0.976 bits per heavy atom. The SMILES string of the molecule is CC(C)c1c(C(=O)Nc2ccccc2)c(-c2ccc(F)cc2)c(-c2ccc(F)cc2)n1CC[C@@H](O)C[C@@H](O)CC(=O)O.CC(C)c1c(C(=O)Nc2ccccc2)c(-c2ccc(F)cc2)c(-c2ccc(F)cc2)n1CC[C@@H](O)C[C@@H](O)CC(=O)O.[Ca]. The molecule has 2 radical (unpaired) electrons. The number of nitrogens with zero attached hydrogens (tertiary/aromatic N) is 2. The molecule has 2 heterocycles. The fraction of sp³-hybridized carbons (Fsp3) is 0.273. The van der Waals surface area contributed by atoms with E-state index in [0.717, 1.165) is 0 Å². The predicted molar refractivity (Wildman–Crippen MR) is 320 cm³/mol. The summed E-state index contributed by atoms with van der Waals surface area (Å²) >= 11 is 0. The van der Waals surface area contributed by atoms with Crippen LogP contribution >= 0.6 is 0 Å². The van der Waals surface area contributed by atoms with Gasteiger partial charge in [-0.2, -0.15) is 0 Å². The molecule has 0 bridgehead atoms. The number of carboxylic acid groups (broad SMARTS) is 2. The summed E-state index contributed by atoms with van der Waals surface area (Å²) < 4.78 is 59.9. The monoisotopic (exact) mass is 1190 g/mol. The van der Waals surface area contributed by atoms with Crippen LogP contribution < -0.4 is 10.6 Å². The molecule has 0 fully saturated rings. The first-order valence-corrected chi connectivity index (χ1v) is 27.5. The average molecular weight is 1190 g/mol. The summed E-state index contributed by atoms with van der Waals surface area (Å²) in [7, 11) is 0. The van der Waals surface area contributed by atoms with Crippen molar-refractivity contribution in [3.05, 3.63) is 204 Å². The zero-order valence-corrected chi connectivity index (χ0v) is 49.8. The molecule has 0 aliphatic carbocycles. The number of amides is 2. The first kappa shape index (κ1) is 66.7. The minimum absolute atomic E-state index is 0. The third-order valence-electron chi connectivity index (χ3n) is 14.0. The quantitative estimate of drug-likeness (QED) is 0.0211. The van der Waals surface area contributed by atoms with Gasteiger partial charge in [0.2, 0.25) is 0 Å². The molecule has 8 aromatic rings. The Hall–Kier alpha value is -7.42. The molecule has 442 valence electrons. The number of anilines is 2. The van der Waals surface area contributed by atoms with Gasteiger partial charge in [0, 0.05) is 84.7 Å². The predicted octanol–water partition coefficient (Wildman–Crippen LogP) is 12.5. The zero-order chi connectivity index (χ0) is 60.8. The van der Waals surface area contributed by atoms with E-state index >= 15 is 0 Å². The molecule has 0 unspecified atom stereocenters. The van der Waals surface area contributed by atoms with Crippen molar-refractivity contribution in [1.82, 2.24) is 9.13 Å². The molecule has 0 saturated carbocycles. The summed E-state index contributed by atoms with van der Waals surface area (Å²) in [6.45, 7) is 8.13. The molecule has 0 aliphatic rings.